The van der Waals surface area contributed by atoms with Crippen LogP contribution in [0.1, 0.15) is 22.8 Å². The molecule has 0 unspecified atom stereocenters. The van der Waals surface area contributed by atoms with Crippen molar-refractivity contribution < 1.29 is 16.8 Å². The minimum atomic E-state index is 0. The van der Waals surface area contributed by atoms with Gasteiger partial charge >= 0.3 is 0 Å². The van der Waals surface area contributed by atoms with Crippen molar-refractivity contribution in [3.05, 3.63) is 105 Å². The van der Waals surface area contributed by atoms with E-state index in [4.69, 9.17) is 0 Å². The quantitative estimate of drug-likeness (QED) is 0.157. The van der Waals surface area contributed by atoms with Gasteiger partial charge in [-0.1, -0.05) is 26.2 Å². The van der Waals surface area contributed by atoms with E-state index >= 15 is 0 Å². The van der Waals surface area contributed by atoms with Gasteiger partial charge in [0.15, 0.2) is 0 Å². The molecule has 0 spiro atoms. The number of hydrogen-bond acceptors (Lipinski definition) is 2. The van der Waals surface area contributed by atoms with Crippen LogP contribution in [-0.2, 0) is 16.8 Å². The Morgan fingerprint density at radius 2 is 0.969 bits per heavy atom. The summed E-state index contributed by atoms with van der Waals surface area (Å²) in [6, 6.07) is 27.2. The normalized spacial score (nSPS) is 11.4. The number of benzene rings is 1. The largest absolute Gasteiger partial charge is 0.355 e. The minimum absolute atomic E-state index is 0. The zero-order valence-corrected chi connectivity index (χ0v) is 20.0. The first kappa shape index (κ1) is 22.3. The molecule has 8 bridgehead atoms. The fraction of sp³-hybridized carbons (Fsp3) is 0. The molecular formula is C26H18CoIN4-. The summed E-state index contributed by atoms with van der Waals surface area (Å²) in [7, 11) is 0. The fourth-order valence-electron chi connectivity index (χ4n) is 3.31. The minimum Gasteiger partial charge on any atom is -0.355 e. The summed E-state index contributed by atoms with van der Waals surface area (Å²) in [6.45, 7) is 0. The van der Waals surface area contributed by atoms with Gasteiger partial charge in [0.1, 0.15) is 0 Å². The van der Waals surface area contributed by atoms with Crippen LogP contribution >= 0.6 is 22.6 Å². The van der Waals surface area contributed by atoms with Crippen molar-refractivity contribution in [1.82, 2.24) is 19.9 Å². The Morgan fingerprint density at radius 3 is 1.38 bits per heavy atom. The van der Waals surface area contributed by atoms with Gasteiger partial charge in [-0.05, 0) is 72.8 Å². The first-order valence-corrected chi connectivity index (χ1v) is 10.9. The molecule has 0 saturated carbocycles. The van der Waals surface area contributed by atoms with Crippen LogP contribution in [0.25, 0.3) is 46.4 Å². The van der Waals surface area contributed by atoms with E-state index in [-0.39, 0.29) is 16.8 Å². The topological polar surface area (TPSA) is 57.4 Å². The summed E-state index contributed by atoms with van der Waals surface area (Å²) < 4.78 is 1.26. The van der Waals surface area contributed by atoms with Gasteiger partial charge in [-0.25, -0.2) is 9.97 Å². The van der Waals surface area contributed by atoms with E-state index in [0.29, 0.717) is 0 Å². The second-order valence-electron chi connectivity index (χ2n) is 7.12. The molecule has 4 aromatic rings. The third-order valence-electron chi connectivity index (χ3n) is 4.72. The van der Waals surface area contributed by atoms with Crippen LogP contribution in [0.15, 0.2) is 72.8 Å². The van der Waals surface area contributed by atoms with Crippen LogP contribution in [-0.4, -0.2) is 19.9 Å². The molecule has 0 amide bonds. The van der Waals surface area contributed by atoms with Crippen molar-refractivity contribution in [3.8, 4) is 0 Å². The van der Waals surface area contributed by atoms with Crippen molar-refractivity contribution in [2.45, 2.75) is 0 Å². The van der Waals surface area contributed by atoms with E-state index < -0.39 is 0 Å². The Bertz CT molecular complexity index is 1360. The first-order chi connectivity index (χ1) is 15.2. The van der Waals surface area contributed by atoms with Gasteiger partial charge in [-0.15, -0.1) is 0 Å². The van der Waals surface area contributed by atoms with Crippen molar-refractivity contribution in [2.24, 2.45) is 0 Å². The van der Waals surface area contributed by atoms with Crippen LogP contribution in [0.2, 0.25) is 0 Å². The zero-order valence-electron chi connectivity index (χ0n) is 16.8. The summed E-state index contributed by atoms with van der Waals surface area (Å²) in [6.07, 6.45) is 8.05. The third kappa shape index (κ3) is 5.64. The molecule has 4 nitrogen and oxygen atoms in total. The van der Waals surface area contributed by atoms with E-state index in [1.54, 1.807) is 0 Å². The maximum absolute atomic E-state index is 4.62. The molecular weight excluding hydrogens is 554 g/mol. The Kier molecular flexibility index (Phi) is 7.04. The monoisotopic (exact) mass is 572 g/mol. The summed E-state index contributed by atoms with van der Waals surface area (Å²) in [5.41, 5.74) is 7.86. The van der Waals surface area contributed by atoms with E-state index in [0.717, 1.165) is 44.8 Å². The van der Waals surface area contributed by atoms with Crippen molar-refractivity contribution in [2.75, 3.05) is 0 Å². The van der Waals surface area contributed by atoms with Gasteiger partial charge in [0.2, 0.25) is 0 Å². The van der Waals surface area contributed by atoms with Crippen molar-refractivity contribution in [3.63, 3.8) is 0 Å². The summed E-state index contributed by atoms with van der Waals surface area (Å²) in [5.74, 6) is 0. The molecule has 1 aromatic carbocycles. The summed E-state index contributed by atoms with van der Waals surface area (Å²) >= 11 is 2.26. The number of halogens is 1. The van der Waals surface area contributed by atoms with Gasteiger partial charge < -0.3 is 9.97 Å². The van der Waals surface area contributed by atoms with Crippen molar-refractivity contribution >= 4 is 69.0 Å². The number of aromatic nitrogens is 4. The maximum atomic E-state index is 4.62. The van der Waals surface area contributed by atoms with Gasteiger partial charge in [0.25, 0.3) is 0 Å². The molecule has 6 heteroatoms. The van der Waals surface area contributed by atoms with Gasteiger partial charge in [0.05, 0.1) is 22.8 Å². The molecule has 5 heterocycles. The van der Waals surface area contributed by atoms with Gasteiger partial charge in [0, 0.05) is 38.8 Å². The Morgan fingerprint density at radius 1 is 0.562 bits per heavy atom. The molecule has 0 atom stereocenters. The molecule has 159 valence electrons. The zero-order chi connectivity index (χ0) is 21.0. The number of nitrogens with zero attached hydrogens (tertiary/aromatic N) is 2. The number of nitrogens with one attached hydrogen (secondary N) is 2. The maximum Gasteiger partial charge on any atom is 0.0659 e. The second-order valence-corrected chi connectivity index (χ2v) is 8.37. The van der Waals surface area contributed by atoms with E-state index in [2.05, 4.69) is 78.9 Å². The number of fused-ring (bicyclic) bond motifs is 8. The Labute approximate surface area is 209 Å². The smallest absolute Gasteiger partial charge is 0.0659 e. The predicted molar refractivity (Wildman–Crippen MR) is 137 cm³/mol. The first-order valence-electron chi connectivity index (χ1n) is 9.86. The Hall–Kier alpha value is -2.94. The fourth-order valence-corrected chi connectivity index (χ4v) is 3.67. The number of rotatable bonds is 0. The SMILES string of the molecule is C1=Cc2cc3ccc(cc4ccc(cc5nc(cc1n2)C=C5)[nH]4)[nH]3.Ic1cc[c-]cc1.[Co]. The predicted octanol–water partition coefficient (Wildman–Crippen LogP) is 6.74. The van der Waals surface area contributed by atoms with E-state index in [9.17, 15) is 0 Å². The molecule has 0 fully saturated rings. The second kappa shape index (κ2) is 10.1. The van der Waals surface area contributed by atoms with Gasteiger partial charge in [-0.3, -0.25) is 0 Å². The van der Waals surface area contributed by atoms with Gasteiger partial charge in [-0.2, -0.15) is 30.3 Å². The molecule has 0 saturated heterocycles. The summed E-state index contributed by atoms with van der Waals surface area (Å²) in [4.78, 5) is 16.0. The Balaban J connectivity index is 0.000000265. The number of H-pyrrole nitrogens is 2. The van der Waals surface area contributed by atoms with Crippen LogP contribution < -0.4 is 0 Å². The van der Waals surface area contributed by atoms with Crippen LogP contribution in [0.3, 0.4) is 0 Å². The molecule has 3 aromatic heterocycles. The van der Waals surface area contributed by atoms with E-state index in [1.807, 2.05) is 66.8 Å². The standard InChI is InChI=1S/C20H14N4.C6H4I.Co/c1-2-14-10-16-5-6-18(23-16)12-20-8-7-19(24-20)11-17-4-3-15(22-17)9-13(1)21-14;7-6-4-2-1-3-5-6;/h1-12,21-22H;2-5H;/q;-1;. The molecule has 2 aliphatic rings. The molecule has 2 N–H and O–H groups in total. The van der Waals surface area contributed by atoms with Crippen LogP contribution in [0, 0.1) is 9.64 Å². The molecule has 1 radical (unpaired) electrons. The summed E-state index contributed by atoms with van der Waals surface area (Å²) in [5, 5.41) is 0. The molecule has 2 aliphatic heterocycles. The van der Waals surface area contributed by atoms with Crippen molar-refractivity contribution in [1.29, 1.82) is 0 Å². The number of aromatic amines is 2. The van der Waals surface area contributed by atoms with Crippen LogP contribution in [0.5, 0.6) is 0 Å². The molecule has 6 rings (SSSR count). The molecule has 32 heavy (non-hydrogen) atoms. The van der Waals surface area contributed by atoms with Crippen LogP contribution in [0.4, 0.5) is 0 Å². The molecule has 0 aliphatic carbocycles. The average Bonchev–Trinajstić information content (AvgIpc) is 3.55. The van der Waals surface area contributed by atoms with E-state index in [1.165, 1.54) is 3.57 Å². The average molecular weight is 572 g/mol. The third-order valence-corrected chi connectivity index (χ3v) is 5.44. The number of hydrogen-bond donors (Lipinski definition) is 2.